The van der Waals surface area contributed by atoms with Crippen molar-refractivity contribution in [1.29, 1.82) is 0 Å². The fourth-order valence-corrected chi connectivity index (χ4v) is 4.46. The highest BCUT2D eigenvalue weighted by atomic mass is 32.2. The second-order valence-electron chi connectivity index (χ2n) is 7.24. The monoisotopic (exact) mass is 394 g/mol. The van der Waals surface area contributed by atoms with Gasteiger partial charge in [-0.1, -0.05) is 13.8 Å². The maximum absolute atomic E-state index is 12.8. The van der Waals surface area contributed by atoms with Crippen LogP contribution in [0.5, 0.6) is 0 Å². The number of rotatable bonds is 7. The second kappa shape index (κ2) is 8.52. The highest BCUT2D eigenvalue weighted by molar-refractivity contribution is 7.89. The first kappa shape index (κ1) is 20.0. The lowest BCUT2D eigenvalue weighted by Gasteiger charge is -2.35. The molecule has 2 heterocycles. The van der Waals surface area contributed by atoms with Crippen LogP contribution in [0.25, 0.3) is 11.0 Å². The van der Waals surface area contributed by atoms with Crippen molar-refractivity contribution in [3.63, 3.8) is 0 Å². The van der Waals surface area contributed by atoms with Gasteiger partial charge in [-0.15, -0.1) is 0 Å². The Hall–Kier alpha value is -1.74. The minimum absolute atomic E-state index is 0.127. The third kappa shape index (κ3) is 5.16. The first-order valence-electron chi connectivity index (χ1n) is 9.20. The van der Waals surface area contributed by atoms with Crippen molar-refractivity contribution < 1.29 is 17.6 Å². The summed E-state index contributed by atoms with van der Waals surface area (Å²) in [6, 6.07) is 7.46. The number of benzene rings is 1. The second-order valence-corrected chi connectivity index (χ2v) is 9.00. The Bertz CT molecular complexity index is 933. The van der Waals surface area contributed by atoms with E-state index < -0.39 is 15.6 Å². The summed E-state index contributed by atoms with van der Waals surface area (Å²) in [5.41, 5.74) is -0.0919. The molecular formula is C19H26N2O5S. The number of nitrogens with one attached hydrogen (secondary N) is 1. The van der Waals surface area contributed by atoms with Crippen LogP contribution in [0.1, 0.15) is 20.3 Å². The summed E-state index contributed by atoms with van der Waals surface area (Å²) in [6.45, 7) is 7.61. The average Bonchev–Trinajstić information content (AvgIpc) is 2.65. The lowest BCUT2D eigenvalue weighted by molar-refractivity contribution is 0.0134. The van der Waals surface area contributed by atoms with Crippen LogP contribution in [0.2, 0.25) is 0 Å². The molecule has 0 aliphatic carbocycles. The van der Waals surface area contributed by atoms with Crippen LogP contribution < -0.4 is 10.3 Å². The van der Waals surface area contributed by atoms with Gasteiger partial charge in [0.1, 0.15) is 5.58 Å². The Morgan fingerprint density at radius 2 is 1.89 bits per heavy atom. The predicted molar refractivity (Wildman–Crippen MR) is 103 cm³/mol. The molecule has 1 aromatic heterocycles. The molecule has 0 bridgehead atoms. The molecule has 0 amide bonds. The number of sulfonamides is 1. The van der Waals surface area contributed by atoms with Gasteiger partial charge in [-0.2, -0.15) is 0 Å². The molecule has 2 aromatic rings. The number of hydrogen-bond donors (Lipinski definition) is 1. The Balaban J connectivity index is 1.75. The quantitative estimate of drug-likeness (QED) is 0.721. The summed E-state index contributed by atoms with van der Waals surface area (Å²) >= 11 is 0. The molecule has 1 unspecified atom stereocenters. The van der Waals surface area contributed by atoms with E-state index in [4.69, 9.17) is 9.15 Å². The molecule has 1 saturated heterocycles. The fraction of sp³-hybridized carbons (Fsp3) is 0.526. The van der Waals surface area contributed by atoms with Crippen LogP contribution in [0, 0.1) is 5.92 Å². The van der Waals surface area contributed by atoms with Gasteiger partial charge in [0.25, 0.3) is 0 Å². The zero-order chi connectivity index (χ0) is 19.4. The van der Waals surface area contributed by atoms with Gasteiger partial charge >= 0.3 is 5.63 Å². The summed E-state index contributed by atoms with van der Waals surface area (Å²) in [5.74, 6) is 0.464. The molecule has 8 heteroatoms. The average molecular weight is 394 g/mol. The van der Waals surface area contributed by atoms with E-state index in [1.807, 2.05) is 0 Å². The summed E-state index contributed by atoms with van der Waals surface area (Å²) in [7, 11) is -3.66. The molecule has 1 fully saturated rings. The number of nitrogens with zero attached hydrogens (tertiary/aromatic N) is 1. The van der Waals surface area contributed by atoms with Crippen molar-refractivity contribution in [3.05, 3.63) is 40.8 Å². The molecule has 1 aliphatic rings. The smallest absolute Gasteiger partial charge is 0.336 e. The van der Waals surface area contributed by atoms with E-state index in [0.717, 1.165) is 19.5 Å². The van der Waals surface area contributed by atoms with Gasteiger partial charge in [0.15, 0.2) is 0 Å². The van der Waals surface area contributed by atoms with Crippen molar-refractivity contribution in [1.82, 2.24) is 9.62 Å². The van der Waals surface area contributed by atoms with Crippen molar-refractivity contribution in [2.24, 2.45) is 5.92 Å². The maximum Gasteiger partial charge on any atom is 0.336 e. The van der Waals surface area contributed by atoms with Crippen molar-refractivity contribution in [2.45, 2.75) is 31.2 Å². The SMILES string of the molecule is CC(C)CC(CNS(=O)(=O)c1ccc2oc(=O)ccc2c1)N1CCOCC1. The van der Waals surface area contributed by atoms with Gasteiger partial charge in [-0.05, 0) is 36.6 Å². The van der Waals surface area contributed by atoms with Crippen LogP contribution in [-0.4, -0.2) is 52.2 Å². The lowest BCUT2D eigenvalue weighted by Crippen LogP contribution is -2.49. The van der Waals surface area contributed by atoms with E-state index in [1.165, 1.54) is 24.3 Å². The zero-order valence-electron chi connectivity index (χ0n) is 15.7. The number of fused-ring (bicyclic) bond motifs is 1. The van der Waals surface area contributed by atoms with E-state index in [1.54, 1.807) is 6.07 Å². The fourth-order valence-electron chi connectivity index (χ4n) is 3.35. The minimum atomic E-state index is -3.66. The van der Waals surface area contributed by atoms with Crippen LogP contribution in [0.4, 0.5) is 0 Å². The Morgan fingerprint density at radius 3 is 2.59 bits per heavy atom. The third-order valence-corrected chi connectivity index (χ3v) is 6.14. The van der Waals surface area contributed by atoms with Gasteiger partial charge in [0, 0.05) is 37.1 Å². The third-order valence-electron chi connectivity index (χ3n) is 4.72. The largest absolute Gasteiger partial charge is 0.423 e. The molecule has 27 heavy (non-hydrogen) atoms. The van der Waals surface area contributed by atoms with Crippen LogP contribution >= 0.6 is 0 Å². The Labute approximate surface area is 159 Å². The van der Waals surface area contributed by atoms with Gasteiger partial charge in [-0.3, -0.25) is 4.90 Å². The standard InChI is InChI=1S/C19H26N2O5S/c1-14(2)11-16(21-7-9-25-10-8-21)13-20-27(23,24)17-4-5-18-15(12-17)3-6-19(22)26-18/h3-6,12,14,16,20H,7-11,13H2,1-2H3. The molecule has 0 radical (unpaired) electrons. The summed E-state index contributed by atoms with van der Waals surface area (Å²) in [5, 5.41) is 0.574. The molecule has 1 aromatic carbocycles. The Morgan fingerprint density at radius 1 is 1.15 bits per heavy atom. The minimum Gasteiger partial charge on any atom is -0.423 e. The maximum atomic E-state index is 12.8. The number of morpholine rings is 1. The Kier molecular flexibility index (Phi) is 6.31. The van der Waals surface area contributed by atoms with E-state index >= 15 is 0 Å². The van der Waals surface area contributed by atoms with Crippen molar-refractivity contribution in [3.8, 4) is 0 Å². The molecule has 1 N–H and O–H groups in total. The van der Waals surface area contributed by atoms with E-state index in [-0.39, 0.29) is 10.9 Å². The van der Waals surface area contributed by atoms with Gasteiger partial charge in [-0.25, -0.2) is 17.9 Å². The molecule has 1 aliphatic heterocycles. The predicted octanol–water partition coefficient (Wildman–Crippen LogP) is 1.82. The summed E-state index contributed by atoms with van der Waals surface area (Å²) < 4.78 is 38.8. The first-order chi connectivity index (χ1) is 12.8. The van der Waals surface area contributed by atoms with Crippen molar-refractivity contribution >= 4 is 21.0 Å². The summed E-state index contributed by atoms with van der Waals surface area (Å²) in [4.78, 5) is 13.7. The molecule has 0 spiro atoms. The number of hydrogen-bond acceptors (Lipinski definition) is 6. The summed E-state index contributed by atoms with van der Waals surface area (Å²) in [6.07, 6.45) is 0.908. The van der Waals surface area contributed by atoms with Gasteiger partial charge < -0.3 is 9.15 Å². The van der Waals surface area contributed by atoms with Crippen molar-refractivity contribution in [2.75, 3.05) is 32.8 Å². The topological polar surface area (TPSA) is 88.8 Å². The van der Waals surface area contributed by atoms with Crippen LogP contribution in [0.3, 0.4) is 0 Å². The molecule has 148 valence electrons. The molecule has 3 rings (SSSR count). The van der Waals surface area contributed by atoms with E-state index in [0.29, 0.717) is 36.6 Å². The normalized spacial score (nSPS) is 17.4. The van der Waals surface area contributed by atoms with Gasteiger partial charge in [0.2, 0.25) is 10.0 Å². The molecule has 7 nitrogen and oxygen atoms in total. The van der Waals surface area contributed by atoms with Crippen LogP contribution in [0.15, 0.2) is 44.4 Å². The van der Waals surface area contributed by atoms with Gasteiger partial charge in [0.05, 0.1) is 18.1 Å². The zero-order valence-corrected chi connectivity index (χ0v) is 16.5. The van der Waals surface area contributed by atoms with E-state index in [9.17, 15) is 13.2 Å². The number of ether oxygens (including phenoxy) is 1. The lowest BCUT2D eigenvalue weighted by atomic mass is 10.0. The highest BCUT2D eigenvalue weighted by Gasteiger charge is 2.24. The van der Waals surface area contributed by atoms with E-state index in [2.05, 4.69) is 23.5 Å². The molecular weight excluding hydrogens is 368 g/mol. The molecule has 0 saturated carbocycles. The highest BCUT2D eigenvalue weighted by Crippen LogP contribution is 2.19. The molecule has 1 atom stereocenters. The first-order valence-corrected chi connectivity index (χ1v) is 10.7. The van der Waals surface area contributed by atoms with Crippen LogP contribution in [-0.2, 0) is 14.8 Å².